The van der Waals surface area contributed by atoms with Crippen LogP contribution in [0, 0.1) is 23.7 Å². The van der Waals surface area contributed by atoms with E-state index in [1.165, 1.54) is 11.8 Å². The summed E-state index contributed by atoms with van der Waals surface area (Å²) in [5, 5.41) is 0. The standard InChI is InChI=1S/C14H24/c1-3-7-13-11(5-1)9-10-12-6-2-4-8-14(12)13/h11-14H,1-10H2/t11-,12+,13-,14?/m0/s1. The Labute approximate surface area is 88.5 Å². The van der Waals surface area contributed by atoms with Crippen molar-refractivity contribution in [1.82, 2.24) is 0 Å². The lowest BCUT2D eigenvalue weighted by Gasteiger charge is -2.48. The van der Waals surface area contributed by atoms with Crippen LogP contribution >= 0.6 is 0 Å². The van der Waals surface area contributed by atoms with Crippen molar-refractivity contribution in [3.8, 4) is 0 Å². The summed E-state index contributed by atoms with van der Waals surface area (Å²) in [7, 11) is 0. The number of fused-ring (bicyclic) bond motifs is 3. The summed E-state index contributed by atoms with van der Waals surface area (Å²) in [5.74, 6) is 4.65. The average molecular weight is 192 g/mol. The summed E-state index contributed by atoms with van der Waals surface area (Å²) in [6.45, 7) is 0. The molecule has 0 heteroatoms. The van der Waals surface area contributed by atoms with Gasteiger partial charge in [0.05, 0.1) is 0 Å². The molecule has 4 atom stereocenters. The van der Waals surface area contributed by atoms with Crippen molar-refractivity contribution >= 4 is 0 Å². The molecule has 80 valence electrons. The van der Waals surface area contributed by atoms with Crippen LogP contribution in [0.25, 0.3) is 0 Å². The van der Waals surface area contributed by atoms with E-state index < -0.39 is 0 Å². The molecule has 3 fully saturated rings. The summed E-state index contributed by atoms with van der Waals surface area (Å²) in [6, 6.07) is 0. The van der Waals surface area contributed by atoms with E-state index >= 15 is 0 Å². The van der Waals surface area contributed by atoms with E-state index in [-0.39, 0.29) is 0 Å². The highest BCUT2D eigenvalue weighted by Gasteiger charge is 2.40. The Morgan fingerprint density at radius 3 is 1.36 bits per heavy atom. The van der Waals surface area contributed by atoms with E-state index in [0.29, 0.717) is 0 Å². The molecule has 1 unspecified atom stereocenters. The maximum atomic E-state index is 1.59. The fourth-order valence-electron chi connectivity index (χ4n) is 4.74. The SMILES string of the molecule is C1CC[C@@H]2CC[C@@H]3CCCC[C@@H]3C2C1. The summed E-state index contributed by atoms with van der Waals surface area (Å²) in [5.41, 5.74) is 0. The normalized spacial score (nSPS) is 48.0. The lowest BCUT2D eigenvalue weighted by molar-refractivity contribution is 0.0278. The van der Waals surface area contributed by atoms with E-state index in [1.54, 1.807) is 64.2 Å². The minimum atomic E-state index is 1.16. The molecule has 0 aliphatic heterocycles. The zero-order chi connectivity index (χ0) is 9.38. The second kappa shape index (κ2) is 3.87. The van der Waals surface area contributed by atoms with Gasteiger partial charge >= 0.3 is 0 Å². The first-order chi connectivity index (χ1) is 6.95. The van der Waals surface area contributed by atoms with E-state index in [1.807, 2.05) is 0 Å². The first kappa shape index (κ1) is 9.24. The molecule has 0 aromatic carbocycles. The van der Waals surface area contributed by atoms with E-state index in [4.69, 9.17) is 0 Å². The minimum Gasteiger partial charge on any atom is -0.0530 e. The minimum absolute atomic E-state index is 1.16. The van der Waals surface area contributed by atoms with Crippen molar-refractivity contribution in [2.24, 2.45) is 23.7 Å². The van der Waals surface area contributed by atoms with Crippen molar-refractivity contribution in [2.75, 3.05) is 0 Å². The molecular weight excluding hydrogens is 168 g/mol. The first-order valence-corrected chi connectivity index (χ1v) is 6.95. The van der Waals surface area contributed by atoms with Crippen LogP contribution in [0.3, 0.4) is 0 Å². The van der Waals surface area contributed by atoms with E-state index in [9.17, 15) is 0 Å². The van der Waals surface area contributed by atoms with E-state index in [0.717, 1.165) is 11.8 Å². The van der Waals surface area contributed by atoms with Crippen molar-refractivity contribution in [1.29, 1.82) is 0 Å². The van der Waals surface area contributed by atoms with Crippen molar-refractivity contribution < 1.29 is 0 Å². The quantitative estimate of drug-likeness (QED) is 0.534. The van der Waals surface area contributed by atoms with Crippen LogP contribution in [0.15, 0.2) is 0 Å². The third kappa shape index (κ3) is 1.51. The van der Waals surface area contributed by atoms with Gasteiger partial charge in [0.25, 0.3) is 0 Å². The van der Waals surface area contributed by atoms with Gasteiger partial charge in [-0.2, -0.15) is 0 Å². The largest absolute Gasteiger partial charge is 0.0530 e. The Morgan fingerprint density at radius 2 is 0.857 bits per heavy atom. The number of hydrogen-bond acceptors (Lipinski definition) is 0. The van der Waals surface area contributed by atoms with Crippen LogP contribution in [0.1, 0.15) is 64.2 Å². The third-order valence-corrected chi connectivity index (χ3v) is 5.39. The predicted molar refractivity (Wildman–Crippen MR) is 60.1 cm³/mol. The van der Waals surface area contributed by atoms with Gasteiger partial charge in [-0.3, -0.25) is 0 Å². The van der Waals surface area contributed by atoms with Gasteiger partial charge in [0.2, 0.25) is 0 Å². The Morgan fingerprint density at radius 1 is 0.429 bits per heavy atom. The summed E-state index contributed by atoms with van der Waals surface area (Å²) in [6.07, 6.45) is 15.7. The molecule has 0 N–H and O–H groups in total. The molecule has 0 amide bonds. The maximum Gasteiger partial charge on any atom is -0.0355 e. The van der Waals surface area contributed by atoms with Gasteiger partial charge in [-0.25, -0.2) is 0 Å². The van der Waals surface area contributed by atoms with Gasteiger partial charge in [-0.15, -0.1) is 0 Å². The highest BCUT2D eigenvalue weighted by Crippen LogP contribution is 2.51. The van der Waals surface area contributed by atoms with Gasteiger partial charge in [-0.1, -0.05) is 38.5 Å². The summed E-state index contributed by atoms with van der Waals surface area (Å²) in [4.78, 5) is 0. The molecule has 0 saturated heterocycles. The molecule has 0 aromatic heterocycles. The topological polar surface area (TPSA) is 0 Å². The molecule has 14 heavy (non-hydrogen) atoms. The van der Waals surface area contributed by atoms with Crippen LogP contribution in [0.2, 0.25) is 0 Å². The molecule has 3 aliphatic carbocycles. The predicted octanol–water partition coefficient (Wildman–Crippen LogP) is 4.39. The van der Waals surface area contributed by atoms with Gasteiger partial charge in [0.1, 0.15) is 0 Å². The van der Waals surface area contributed by atoms with Crippen LogP contribution in [-0.2, 0) is 0 Å². The molecule has 0 aromatic rings. The Hall–Kier alpha value is 0. The Balaban J connectivity index is 1.74. The molecule has 0 bridgehead atoms. The lowest BCUT2D eigenvalue weighted by Crippen LogP contribution is -2.38. The second-order valence-electron chi connectivity index (χ2n) is 5.99. The fourth-order valence-corrected chi connectivity index (χ4v) is 4.74. The highest BCUT2D eigenvalue weighted by atomic mass is 14.5. The number of hydrogen-bond donors (Lipinski definition) is 0. The summed E-state index contributed by atoms with van der Waals surface area (Å²) >= 11 is 0. The van der Waals surface area contributed by atoms with Crippen molar-refractivity contribution in [3.05, 3.63) is 0 Å². The molecular formula is C14H24. The molecule has 3 rings (SSSR count). The molecule has 0 spiro atoms. The average Bonchev–Trinajstić information content (AvgIpc) is 2.29. The maximum absolute atomic E-state index is 1.59. The zero-order valence-corrected chi connectivity index (χ0v) is 9.38. The second-order valence-corrected chi connectivity index (χ2v) is 5.99. The smallest absolute Gasteiger partial charge is 0.0355 e. The summed E-state index contributed by atoms with van der Waals surface area (Å²) < 4.78 is 0. The van der Waals surface area contributed by atoms with Gasteiger partial charge in [-0.05, 0) is 49.4 Å². The molecule has 3 saturated carbocycles. The van der Waals surface area contributed by atoms with E-state index in [2.05, 4.69) is 0 Å². The number of rotatable bonds is 0. The molecule has 3 aliphatic rings. The molecule has 0 radical (unpaired) electrons. The van der Waals surface area contributed by atoms with Crippen molar-refractivity contribution in [2.45, 2.75) is 64.2 Å². The van der Waals surface area contributed by atoms with Crippen LogP contribution in [0.4, 0.5) is 0 Å². The van der Waals surface area contributed by atoms with Crippen LogP contribution in [0.5, 0.6) is 0 Å². The molecule has 0 nitrogen and oxygen atoms in total. The van der Waals surface area contributed by atoms with Crippen molar-refractivity contribution in [3.63, 3.8) is 0 Å². The fraction of sp³-hybridized carbons (Fsp3) is 1.00. The van der Waals surface area contributed by atoms with Crippen LogP contribution < -0.4 is 0 Å². The molecule has 0 heterocycles. The van der Waals surface area contributed by atoms with Gasteiger partial charge in [0, 0.05) is 0 Å². The Bertz CT molecular complexity index is 174. The third-order valence-electron chi connectivity index (χ3n) is 5.39. The lowest BCUT2D eigenvalue weighted by atomic mass is 9.58. The zero-order valence-electron chi connectivity index (χ0n) is 9.38. The van der Waals surface area contributed by atoms with Gasteiger partial charge < -0.3 is 0 Å². The Kier molecular flexibility index (Phi) is 2.55. The highest BCUT2D eigenvalue weighted by molar-refractivity contribution is 4.91. The van der Waals surface area contributed by atoms with Gasteiger partial charge in [0.15, 0.2) is 0 Å². The first-order valence-electron chi connectivity index (χ1n) is 6.95. The van der Waals surface area contributed by atoms with Crippen LogP contribution in [-0.4, -0.2) is 0 Å². The monoisotopic (exact) mass is 192 g/mol.